The third kappa shape index (κ3) is 2.07. The van der Waals surface area contributed by atoms with Gasteiger partial charge in [0.05, 0.1) is 5.69 Å². The Morgan fingerprint density at radius 1 is 1.47 bits per heavy atom. The van der Waals surface area contributed by atoms with E-state index in [-0.39, 0.29) is 0 Å². The molecule has 3 nitrogen and oxygen atoms in total. The lowest BCUT2D eigenvalue weighted by Crippen LogP contribution is -2.16. The van der Waals surface area contributed by atoms with Crippen molar-refractivity contribution in [2.45, 2.75) is 40.2 Å². The number of rotatable bonds is 3. The van der Waals surface area contributed by atoms with Crippen molar-refractivity contribution in [2.75, 3.05) is 13.1 Å². The van der Waals surface area contributed by atoms with Crippen LogP contribution in [0.15, 0.2) is 0 Å². The van der Waals surface area contributed by atoms with E-state index in [1.807, 2.05) is 0 Å². The van der Waals surface area contributed by atoms with Crippen LogP contribution in [0.2, 0.25) is 0 Å². The summed E-state index contributed by atoms with van der Waals surface area (Å²) in [6.07, 6.45) is 2.39. The van der Waals surface area contributed by atoms with Crippen molar-refractivity contribution in [2.24, 2.45) is 5.92 Å². The summed E-state index contributed by atoms with van der Waals surface area (Å²) in [5.41, 5.74) is 4.00. The summed E-state index contributed by atoms with van der Waals surface area (Å²) < 4.78 is 2.20. The maximum atomic E-state index is 4.63. The maximum Gasteiger partial charge on any atom is 0.0628 e. The summed E-state index contributed by atoms with van der Waals surface area (Å²) in [7, 11) is 0. The van der Waals surface area contributed by atoms with Crippen molar-refractivity contribution in [3.8, 4) is 0 Å². The second-order valence-electron chi connectivity index (χ2n) is 4.54. The minimum absolute atomic E-state index is 0.771. The maximum absolute atomic E-state index is 4.63. The fraction of sp³-hybridized carbons (Fsp3) is 0.750. The Labute approximate surface area is 91.9 Å². The highest BCUT2D eigenvalue weighted by Crippen LogP contribution is 2.17. The predicted molar refractivity (Wildman–Crippen MR) is 62.1 cm³/mol. The van der Waals surface area contributed by atoms with Gasteiger partial charge >= 0.3 is 0 Å². The largest absolute Gasteiger partial charge is 0.316 e. The number of nitrogens with zero attached hydrogens (tertiary/aromatic N) is 2. The van der Waals surface area contributed by atoms with Crippen molar-refractivity contribution in [3.05, 3.63) is 17.0 Å². The van der Waals surface area contributed by atoms with E-state index in [1.165, 1.54) is 29.9 Å². The van der Waals surface area contributed by atoms with Gasteiger partial charge in [0, 0.05) is 12.2 Å². The van der Waals surface area contributed by atoms with E-state index in [0.29, 0.717) is 0 Å². The van der Waals surface area contributed by atoms with Crippen molar-refractivity contribution in [1.82, 2.24) is 15.1 Å². The van der Waals surface area contributed by atoms with Gasteiger partial charge in [0.15, 0.2) is 0 Å². The fourth-order valence-corrected chi connectivity index (χ4v) is 2.54. The van der Waals surface area contributed by atoms with Crippen molar-refractivity contribution in [1.29, 1.82) is 0 Å². The minimum Gasteiger partial charge on any atom is -0.316 e. The molecule has 1 N–H and O–H groups in total. The highest BCUT2D eigenvalue weighted by molar-refractivity contribution is 5.24. The molecule has 1 aliphatic heterocycles. The zero-order chi connectivity index (χ0) is 10.8. The van der Waals surface area contributed by atoms with Crippen LogP contribution in [0.1, 0.15) is 30.3 Å². The molecule has 0 amide bonds. The monoisotopic (exact) mass is 207 g/mol. The Hall–Kier alpha value is -0.830. The summed E-state index contributed by atoms with van der Waals surface area (Å²) in [6.45, 7) is 9.93. The number of nitrogens with one attached hydrogen (secondary N) is 1. The quantitative estimate of drug-likeness (QED) is 0.817. The van der Waals surface area contributed by atoms with Crippen LogP contribution in [0.3, 0.4) is 0 Å². The van der Waals surface area contributed by atoms with Crippen LogP contribution in [0.5, 0.6) is 0 Å². The lowest BCUT2D eigenvalue weighted by atomic mass is 10.1. The van der Waals surface area contributed by atoms with Gasteiger partial charge in [-0.1, -0.05) is 6.92 Å². The van der Waals surface area contributed by atoms with Crippen LogP contribution in [-0.4, -0.2) is 22.9 Å². The molecule has 0 bridgehead atoms. The fourth-order valence-electron chi connectivity index (χ4n) is 2.54. The topological polar surface area (TPSA) is 29.9 Å². The van der Waals surface area contributed by atoms with Gasteiger partial charge in [-0.15, -0.1) is 0 Å². The van der Waals surface area contributed by atoms with Crippen LogP contribution >= 0.6 is 0 Å². The molecule has 1 aromatic heterocycles. The number of aromatic nitrogens is 2. The zero-order valence-corrected chi connectivity index (χ0v) is 10.0. The van der Waals surface area contributed by atoms with E-state index in [0.717, 1.165) is 25.4 Å². The Morgan fingerprint density at radius 3 is 2.80 bits per heavy atom. The lowest BCUT2D eigenvalue weighted by molar-refractivity contribution is 0.441. The van der Waals surface area contributed by atoms with Gasteiger partial charge in [-0.3, -0.25) is 4.68 Å². The summed E-state index contributed by atoms with van der Waals surface area (Å²) >= 11 is 0. The van der Waals surface area contributed by atoms with E-state index in [4.69, 9.17) is 0 Å². The molecule has 1 fully saturated rings. The SMILES string of the molecule is CCc1c(C)nn(CC2CCNC2)c1C. The molecule has 1 aliphatic rings. The standard InChI is InChI=1S/C12H21N3/c1-4-12-9(2)14-15(10(12)3)8-11-5-6-13-7-11/h11,13H,4-8H2,1-3H3. The highest BCUT2D eigenvalue weighted by atomic mass is 15.3. The molecule has 0 radical (unpaired) electrons. The van der Waals surface area contributed by atoms with E-state index in [1.54, 1.807) is 0 Å². The molecule has 2 heterocycles. The minimum atomic E-state index is 0.771. The number of hydrogen-bond donors (Lipinski definition) is 1. The van der Waals surface area contributed by atoms with Crippen molar-refractivity contribution in [3.63, 3.8) is 0 Å². The lowest BCUT2D eigenvalue weighted by Gasteiger charge is -2.10. The first kappa shape index (κ1) is 10.7. The van der Waals surface area contributed by atoms with Crippen LogP contribution < -0.4 is 5.32 Å². The van der Waals surface area contributed by atoms with E-state index >= 15 is 0 Å². The average Bonchev–Trinajstić information content (AvgIpc) is 2.78. The van der Waals surface area contributed by atoms with Gasteiger partial charge in [-0.25, -0.2) is 0 Å². The Balaban J connectivity index is 2.13. The first-order chi connectivity index (χ1) is 7.22. The summed E-state index contributed by atoms with van der Waals surface area (Å²) in [5.74, 6) is 0.771. The van der Waals surface area contributed by atoms with Gasteiger partial charge in [0.2, 0.25) is 0 Å². The zero-order valence-electron chi connectivity index (χ0n) is 10.0. The molecular formula is C12H21N3. The van der Waals surface area contributed by atoms with Crippen molar-refractivity contribution < 1.29 is 0 Å². The van der Waals surface area contributed by atoms with Gasteiger partial charge in [0.1, 0.15) is 0 Å². The molecular weight excluding hydrogens is 186 g/mol. The molecule has 84 valence electrons. The molecule has 0 spiro atoms. The summed E-state index contributed by atoms with van der Waals surface area (Å²) in [5, 5.41) is 8.04. The molecule has 2 rings (SSSR count). The number of aryl methyl sites for hydroxylation is 1. The second-order valence-corrected chi connectivity index (χ2v) is 4.54. The first-order valence-corrected chi connectivity index (χ1v) is 5.96. The smallest absolute Gasteiger partial charge is 0.0628 e. The normalized spacial score (nSPS) is 21.1. The summed E-state index contributed by atoms with van der Waals surface area (Å²) in [6, 6.07) is 0. The Kier molecular flexibility index (Phi) is 3.10. The molecule has 1 atom stereocenters. The van der Waals surface area contributed by atoms with Crippen LogP contribution in [-0.2, 0) is 13.0 Å². The molecule has 1 aromatic rings. The molecule has 0 aliphatic carbocycles. The third-order valence-corrected chi connectivity index (χ3v) is 3.48. The van der Waals surface area contributed by atoms with Gasteiger partial charge in [0.25, 0.3) is 0 Å². The van der Waals surface area contributed by atoms with Gasteiger partial charge < -0.3 is 5.32 Å². The van der Waals surface area contributed by atoms with Crippen LogP contribution in [0.25, 0.3) is 0 Å². The third-order valence-electron chi connectivity index (χ3n) is 3.48. The summed E-state index contributed by atoms with van der Waals surface area (Å²) in [4.78, 5) is 0. The van der Waals surface area contributed by atoms with E-state index in [2.05, 4.69) is 35.9 Å². The van der Waals surface area contributed by atoms with Gasteiger partial charge in [-0.2, -0.15) is 5.10 Å². The first-order valence-electron chi connectivity index (χ1n) is 5.96. The van der Waals surface area contributed by atoms with Gasteiger partial charge in [-0.05, 0) is 51.3 Å². The molecule has 0 saturated carbocycles. The Bertz CT molecular complexity index is 335. The highest BCUT2D eigenvalue weighted by Gasteiger charge is 2.17. The Morgan fingerprint density at radius 2 is 2.27 bits per heavy atom. The van der Waals surface area contributed by atoms with E-state index < -0.39 is 0 Å². The van der Waals surface area contributed by atoms with Crippen LogP contribution in [0, 0.1) is 19.8 Å². The molecule has 3 heteroatoms. The van der Waals surface area contributed by atoms with Crippen LogP contribution in [0.4, 0.5) is 0 Å². The molecule has 0 aromatic carbocycles. The van der Waals surface area contributed by atoms with Crippen molar-refractivity contribution >= 4 is 0 Å². The number of hydrogen-bond acceptors (Lipinski definition) is 2. The molecule has 15 heavy (non-hydrogen) atoms. The molecule has 1 saturated heterocycles. The average molecular weight is 207 g/mol. The second kappa shape index (κ2) is 4.35. The molecule has 1 unspecified atom stereocenters. The van der Waals surface area contributed by atoms with E-state index in [9.17, 15) is 0 Å². The predicted octanol–water partition coefficient (Wildman–Crippen LogP) is 1.67.